The SMILES string of the molecule is CCNc1ccc(C)cc1C(=O)NCCCCCCSC. The van der Waals surface area contributed by atoms with Gasteiger partial charge in [0.05, 0.1) is 5.56 Å². The highest BCUT2D eigenvalue weighted by molar-refractivity contribution is 7.98. The van der Waals surface area contributed by atoms with E-state index in [1.54, 1.807) is 0 Å². The van der Waals surface area contributed by atoms with E-state index in [4.69, 9.17) is 0 Å². The fraction of sp³-hybridized carbons (Fsp3) is 0.588. The molecular weight excluding hydrogens is 280 g/mol. The summed E-state index contributed by atoms with van der Waals surface area (Å²) in [5, 5.41) is 6.28. The van der Waals surface area contributed by atoms with E-state index < -0.39 is 0 Å². The summed E-state index contributed by atoms with van der Waals surface area (Å²) in [5.41, 5.74) is 2.78. The van der Waals surface area contributed by atoms with Gasteiger partial charge in [0.25, 0.3) is 5.91 Å². The van der Waals surface area contributed by atoms with Gasteiger partial charge in [0, 0.05) is 18.8 Å². The lowest BCUT2D eigenvalue weighted by molar-refractivity contribution is 0.0953. The minimum absolute atomic E-state index is 0.0266. The molecule has 4 heteroatoms. The van der Waals surface area contributed by atoms with Gasteiger partial charge < -0.3 is 10.6 Å². The Bertz CT molecular complexity index is 435. The fourth-order valence-electron chi connectivity index (χ4n) is 2.21. The molecule has 0 aliphatic heterocycles. The standard InChI is InChI=1S/C17H28N2OS/c1-4-18-16-10-9-14(2)13-15(16)17(20)19-11-7-5-6-8-12-21-3/h9-10,13,18H,4-8,11-12H2,1-3H3,(H,19,20). The largest absolute Gasteiger partial charge is 0.385 e. The number of carbonyl (C=O) groups is 1. The van der Waals surface area contributed by atoms with Crippen LogP contribution in [0, 0.1) is 6.92 Å². The lowest BCUT2D eigenvalue weighted by Gasteiger charge is -2.12. The fourth-order valence-corrected chi connectivity index (χ4v) is 2.71. The lowest BCUT2D eigenvalue weighted by Crippen LogP contribution is -2.25. The van der Waals surface area contributed by atoms with Gasteiger partial charge in [-0.3, -0.25) is 4.79 Å². The van der Waals surface area contributed by atoms with Crippen molar-refractivity contribution in [2.75, 3.05) is 30.4 Å². The van der Waals surface area contributed by atoms with E-state index in [2.05, 4.69) is 16.9 Å². The third-order valence-electron chi connectivity index (χ3n) is 3.35. The predicted molar refractivity (Wildman–Crippen MR) is 94.5 cm³/mol. The van der Waals surface area contributed by atoms with E-state index in [0.29, 0.717) is 0 Å². The normalized spacial score (nSPS) is 10.4. The number of amides is 1. The van der Waals surface area contributed by atoms with E-state index in [-0.39, 0.29) is 5.91 Å². The van der Waals surface area contributed by atoms with Crippen LogP contribution in [0.15, 0.2) is 18.2 Å². The first-order chi connectivity index (χ1) is 10.2. The Balaban J connectivity index is 2.39. The summed E-state index contributed by atoms with van der Waals surface area (Å²) in [5.74, 6) is 1.26. The molecule has 1 aromatic carbocycles. The van der Waals surface area contributed by atoms with Gasteiger partial charge in [-0.2, -0.15) is 11.8 Å². The van der Waals surface area contributed by atoms with Crippen LogP contribution < -0.4 is 10.6 Å². The highest BCUT2D eigenvalue weighted by atomic mass is 32.2. The van der Waals surface area contributed by atoms with Crippen molar-refractivity contribution in [1.29, 1.82) is 0 Å². The van der Waals surface area contributed by atoms with Gasteiger partial charge in [0.1, 0.15) is 0 Å². The molecule has 21 heavy (non-hydrogen) atoms. The molecule has 0 saturated carbocycles. The minimum Gasteiger partial charge on any atom is -0.385 e. The summed E-state index contributed by atoms with van der Waals surface area (Å²) < 4.78 is 0. The molecule has 0 aromatic heterocycles. The van der Waals surface area contributed by atoms with Crippen LogP contribution in [0.2, 0.25) is 0 Å². The molecule has 0 radical (unpaired) electrons. The molecule has 0 atom stereocenters. The first-order valence-electron chi connectivity index (χ1n) is 7.80. The molecule has 1 rings (SSSR count). The zero-order valence-corrected chi connectivity index (χ0v) is 14.3. The van der Waals surface area contributed by atoms with E-state index >= 15 is 0 Å². The molecular formula is C17H28N2OS. The minimum atomic E-state index is 0.0266. The van der Waals surface area contributed by atoms with Crippen molar-refractivity contribution in [2.45, 2.75) is 39.5 Å². The maximum atomic E-state index is 12.3. The summed E-state index contributed by atoms with van der Waals surface area (Å²) in [7, 11) is 0. The number of benzene rings is 1. The van der Waals surface area contributed by atoms with Crippen LogP contribution >= 0.6 is 11.8 Å². The highest BCUT2D eigenvalue weighted by Gasteiger charge is 2.10. The number of hydrogen-bond donors (Lipinski definition) is 2. The Morgan fingerprint density at radius 3 is 2.67 bits per heavy atom. The number of unbranched alkanes of at least 4 members (excludes halogenated alkanes) is 3. The third-order valence-corrected chi connectivity index (χ3v) is 4.04. The summed E-state index contributed by atoms with van der Waals surface area (Å²) in [6.07, 6.45) is 6.92. The number of nitrogens with one attached hydrogen (secondary N) is 2. The van der Waals surface area contributed by atoms with Gasteiger partial charge in [0.15, 0.2) is 0 Å². The Morgan fingerprint density at radius 1 is 1.19 bits per heavy atom. The average molecular weight is 308 g/mol. The molecule has 0 aliphatic carbocycles. The maximum Gasteiger partial charge on any atom is 0.253 e. The molecule has 1 aromatic rings. The highest BCUT2D eigenvalue weighted by Crippen LogP contribution is 2.17. The van der Waals surface area contributed by atoms with Crippen molar-refractivity contribution < 1.29 is 4.79 Å². The monoisotopic (exact) mass is 308 g/mol. The Labute approximate surface area is 133 Å². The van der Waals surface area contributed by atoms with Crippen LogP contribution in [0.5, 0.6) is 0 Å². The molecule has 2 N–H and O–H groups in total. The van der Waals surface area contributed by atoms with Crippen molar-refractivity contribution in [3.63, 3.8) is 0 Å². The number of aryl methyl sites for hydroxylation is 1. The molecule has 0 saturated heterocycles. The number of carbonyl (C=O) groups excluding carboxylic acids is 1. The second kappa shape index (κ2) is 10.6. The number of rotatable bonds is 10. The van der Waals surface area contributed by atoms with Crippen LogP contribution in [0.4, 0.5) is 5.69 Å². The van der Waals surface area contributed by atoms with E-state index in [1.807, 2.05) is 43.8 Å². The molecule has 0 spiro atoms. The second-order valence-corrected chi connectivity index (χ2v) is 6.23. The van der Waals surface area contributed by atoms with Gasteiger partial charge in [-0.05, 0) is 50.8 Å². The van der Waals surface area contributed by atoms with Gasteiger partial charge >= 0.3 is 0 Å². The summed E-state index contributed by atoms with van der Waals surface area (Å²) in [4.78, 5) is 12.3. The molecule has 0 aliphatic rings. The van der Waals surface area contributed by atoms with Crippen molar-refractivity contribution in [3.05, 3.63) is 29.3 Å². The predicted octanol–water partition coefficient (Wildman–Crippen LogP) is 4.08. The van der Waals surface area contributed by atoms with Crippen molar-refractivity contribution in [3.8, 4) is 0 Å². The van der Waals surface area contributed by atoms with Crippen LogP contribution in [-0.4, -0.2) is 31.0 Å². The molecule has 3 nitrogen and oxygen atoms in total. The zero-order valence-electron chi connectivity index (χ0n) is 13.5. The molecule has 1 amide bonds. The first-order valence-corrected chi connectivity index (χ1v) is 9.20. The Morgan fingerprint density at radius 2 is 1.95 bits per heavy atom. The molecule has 0 fully saturated rings. The Hall–Kier alpha value is -1.16. The van der Waals surface area contributed by atoms with Gasteiger partial charge in [-0.25, -0.2) is 0 Å². The lowest BCUT2D eigenvalue weighted by atomic mass is 10.1. The van der Waals surface area contributed by atoms with Crippen LogP contribution in [-0.2, 0) is 0 Å². The van der Waals surface area contributed by atoms with Gasteiger partial charge in [0.2, 0.25) is 0 Å². The topological polar surface area (TPSA) is 41.1 Å². The second-order valence-electron chi connectivity index (χ2n) is 5.24. The quantitative estimate of drug-likeness (QED) is 0.640. The van der Waals surface area contributed by atoms with E-state index in [1.165, 1.54) is 25.0 Å². The summed E-state index contributed by atoms with van der Waals surface area (Å²) in [6, 6.07) is 5.96. The van der Waals surface area contributed by atoms with Crippen LogP contribution in [0.25, 0.3) is 0 Å². The van der Waals surface area contributed by atoms with Crippen molar-refractivity contribution >= 4 is 23.4 Å². The average Bonchev–Trinajstić information content (AvgIpc) is 2.48. The van der Waals surface area contributed by atoms with Gasteiger partial charge in [-0.15, -0.1) is 0 Å². The van der Waals surface area contributed by atoms with E-state index in [9.17, 15) is 4.79 Å². The molecule has 0 unspecified atom stereocenters. The molecule has 118 valence electrons. The van der Waals surface area contributed by atoms with Crippen LogP contribution in [0.1, 0.15) is 48.5 Å². The van der Waals surface area contributed by atoms with Crippen molar-refractivity contribution in [2.24, 2.45) is 0 Å². The third kappa shape index (κ3) is 6.89. The summed E-state index contributed by atoms with van der Waals surface area (Å²) in [6.45, 7) is 5.63. The summed E-state index contributed by atoms with van der Waals surface area (Å²) >= 11 is 1.90. The van der Waals surface area contributed by atoms with Crippen LogP contribution in [0.3, 0.4) is 0 Å². The van der Waals surface area contributed by atoms with E-state index in [0.717, 1.165) is 36.3 Å². The van der Waals surface area contributed by atoms with Crippen molar-refractivity contribution in [1.82, 2.24) is 5.32 Å². The Kier molecular flexibility index (Phi) is 8.99. The van der Waals surface area contributed by atoms with Gasteiger partial charge in [-0.1, -0.05) is 24.5 Å². The first kappa shape index (κ1) is 17.9. The number of thioether (sulfide) groups is 1. The zero-order chi connectivity index (χ0) is 15.5. The molecule has 0 heterocycles. The number of anilines is 1. The smallest absolute Gasteiger partial charge is 0.253 e. The molecule has 0 bridgehead atoms. The number of hydrogen-bond acceptors (Lipinski definition) is 3. The maximum absolute atomic E-state index is 12.3.